The smallest absolute Gasteiger partial charge is 0.417 e. The van der Waals surface area contributed by atoms with Gasteiger partial charge in [-0.2, -0.15) is 4.31 Å². The second-order valence-electron chi connectivity index (χ2n) is 6.23. The quantitative estimate of drug-likeness (QED) is 0.757. The average Bonchev–Trinajstić information content (AvgIpc) is 3.02. The second-order valence-corrected chi connectivity index (χ2v) is 8.17. The molecule has 0 bridgehead atoms. The molecule has 1 aliphatic rings. The van der Waals surface area contributed by atoms with E-state index in [1.807, 2.05) is 30.3 Å². The minimum Gasteiger partial charge on any atom is -0.489 e. The van der Waals surface area contributed by atoms with E-state index in [9.17, 15) is 13.2 Å². The molecule has 1 saturated heterocycles. The third kappa shape index (κ3) is 3.25. The molecule has 0 spiro atoms. The Kier molecular flexibility index (Phi) is 4.29. The van der Waals surface area contributed by atoms with Gasteiger partial charge >= 0.3 is 5.76 Å². The number of aromatic amines is 1. The molecule has 0 aliphatic carbocycles. The van der Waals surface area contributed by atoms with Gasteiger partial charge in [0.1, 0.15) is 11.9 Å². The first-order chi connectivity index (χ1) is 12.5. The van der Waals surface area contributed by atoms with Gasteiger partial charge in [-0.3, -0.25) is 4.98 Å². The van der Waals surface area contributed by atoms with Crippen molar-refractivity contribution in [3.63, 3.8) is 0 Å². The van der Waals surface area contributed by atoms with Crippen molar-refractivity contribution in [2.75, 3.05) is 13.1 Å². The third-order valence-corrected chi connectivity index (χ3v) is 6.28. The number of para-hydroxylation sites is 1. The van der Waals surface area contributed by atoms with Crippen molar-refractivity contribution in [1.29, 1.82) is 0 Å². The van der Waals surface area contributed by atoms with Gasteiger partial charge in [-0.05, 0) is 37.1 Å². The number of ether oxygens (including phenoxy) is 1. The number of nitrogens with one attached hydrogen (secondary N) is 1. The molecule has 1 unspecified atom stereocenters. The minimum atomic E-state index is -3.69. The summed E-state index contributed by atoms with van der Waals surface area (Å²) in [6.45, 7) is 0.721. The number of nitrogens with zero attached hydrogens (tertiary/aromatic N) is 1. The summed E-state index contributed by atoms with van der Waals surface area (Å²) < 4.78 is 38.3. The maximum Gasteiger partial charge on any atom is 0.417 e. The van der Waals surface area contributed by atoms with E-state index in [-0.39, 0.29) is 23.1 Å². The summed E-state index contributed by atoms with van der Waals surface area (Å²) in [5.74, 6) is 0.121. The SMILES string of the molecule is O=c1[nH]c2ccc(S(=O)(=O)N3CCCC(Oc4ccccc4)C3)cc2o1. The summed E-state index contributed by atoms with van der Waals surface area (Å²) >= 11 is 0. The van der Waals surface area contributed by atoms with Crippen LogP contribution in [0.25, 0.3) is 11.1 Å². The topological polar surface area (TPSA) is 92.6 Å². The Hall–Kier alpha value is -2.58. The van der Waals surface area contributed by atoms with Crippen molar-refractivity contribution in [1.82, 2.24) is 9.29 Å². The van der Waals surface area contributed by atoms with Crippen LogP contribution in [-0.2, 0) is 10.0 Å². The van der Waals surface area contributed by atoms with Gasteiger partial charge in [-0.25, -0.2) is 13.2 Å². The van der Waals surface area contributed by atoms with Gasteiger partial charge in [0.25, 0.3) is 0 Å². The summed E-state index contributed by atoms with van der Waals surface area (Å²) in [6, 6.07) is 13.8. The highest BCUT2D eigenvalue weighted by molar-refractivity contribution is 7.89. The molecule has 1 aliphatic heterocycles. The molecule has 0 saturated carbocycles. The van der Waals surface area contributed by atoms with Gasteiger partial charge in [-0.15, -0.1) is 0 Å². The van der Waals surface area contributed by atoms with Gasteiger partial charge in [-0.1, -0.05) is 18.2 Å². The molecular weight excluding hydrogens is 356 g/mol. The number of rotatable bonds is 4. The number of benzene rings is 2. The zero-order valence-corrected chi connectivity index (χ0v) is 14.7. The van der Waals surface area contributed by atoms with E-state index in [4.69, 9.17) is 9.15 Å². The second kappa shape index (κ2) is 6.62. The molecule has 2 aromatic carbocycles. The van der Waals surface area contributed by atoms with E-state index in [0.29, 0.717) is 12.1 Å². The summed E-state index contributed by atoms with van der Waals surface area (Å²) in [4.78, 5) is 13.9. The standard InChI is InChI=1S/C18H18N2O5S/c21-18-19-16-9-8-15(11-17(16)25-18)26(22,23)20-10-4-7-14(12-20)24-13-5-2-1-3-6-13/h1-3,5-6,8-9,11,14H,4,7,10,12H2,(H,19,21). The molecule has 1 N–H and O–H groups in total. The van der Waals surface area contributed by atoms with Crippen LogP contribution < -0.4 is 10.5 Å². The Labute approximate surface area is 150 Å². The fourth-order valence-corrected chi connectivity index (χ4v) is 4.67. The molecule has 136 valence electrons. The molecule has 3 aromatic rings. The van der Waals surface area contributed by atoms with E-state index >= 15 is 0 Å². The third-order valence-electron chi connectivity index (χ3n) is 4.42. The fraction of sp³-hybridized carbons (Fsp3) is 0.278. The molecule has 2 heterocycles. The van der Waals surface area contributed by atoms with E-state index in [2.05, 4.69) is 4.98 Å². The lowest BCUT2D eigenvalue weighted by molar-refractivity contribution is 0.130. The van der Waals surface area contributed by atoms with Crippen LogP contribution in [0.1, 0.15) is 12.8 Å². The summed E-state index contributed by atoms with van der Waals surface area (Å²) in [5.41, 5.74) is 0.697. The molecule has 0 radical (unpaired) electrons. The molecule has 8 heteroatoms. The zero-order chi connectivity index (χ0) is 18.1. The summed E-state index contributed by atoms with van der Waals surface area (Å²) in [5, 5.41) is 0. The minimum absolute atomic E-state index is 0.105. The van der Waals surface area contributed by atoms with Crippen LogP contribution in [0.15, 0.2) is 62.6 Å². The predicted octanol–water partition coefficient (Wildman–Crippen LogP) is 2.35. The molecule has 4 rings (SSSR count). The van der Waals surface area contributed by atoms with Gasteiger partial charge < -0.3 is 9.15 Å². The number of hydrogen-bond donors (Lipinski definition) is 1. The largest absolute Gasteiger partial charge is 0.489 e. The Morgan fingerprint density at radius 3 is 2.77 bits per heavy atom. The Balaban J connectivity index is 1.56. The number of oxazole rings is 1. The number of hydrogen-bond acceptors (Lipinski definition) is 5. The van der Waals surface area contributed by atoms with Crippen molar-refractivity contribution in [3.05, 3.63) is 59.1 Å². The number of H-pyrrole nitrogens is 1. The van der Waals surface area contributed by atoms with E-state index in [1.165, 1.54) is 22.5 Å². The lowest BCUT2D eigenvalue weighted by Gasteiger charge is -2.32. The molecule has 1 aromatic heterocycles. The van der Waals surface area contributed by atoms with Crippen molar-refractivity contribution in [3.8, 4) is 5.75 Å². The monoisotopic (exact) mass is 374 g/mol. The highest BCUT2D eigenvalue weighted by Crippen LogP contribution is 2.25. The first kappa shape index (κ1) is 16.9. The van der Waals surface area contributed by atoms with Crippen LogP contribution >= 0.6 is 0 Å². The molecule has 26 heavy (non-hydrogen) atoms. The lowest BCUT2D eigenvalue weighted by atomic mass is 10.1. The maximum atomic E-state index is 13.0. The zero-order valence-electron chi connectivity index (χ0n) is 13.9. The van der Waals surface area contributed by atoms with Crippen molar-refractivity contribution >= 4 is 21.1 Å². The molecule has 1 atom stereocenters. The van der Waals surface area contributed by atoms with E-state index in [0.717, 1.165) is 18.6 Å². The number of piperidine rings is 1. The first-order valence-electron chi connectivity index (χ1n) is 8.37. The number of sulfonamides is 1. The average molecular weight is 374 g/mol. The van der Waals surface area contributed by atoms with Crippen LogP contribution in [0.4, 0.5) is 0 Å². The van der Waals surface area contributed by atoms with Gasteiger partial charge in [0, 0.05) is 12.6 Å². The van der Waals surface area contributed by atoms with E-state index < -0.39 is 15.8 Å². The van der Waals surface area contributed by atoms with Crippen LogP contribution in [-0.4, -0.2) is 36.9 Å². The maximum absolute atomic E-state index is 13.0. The van der Waals surface area contributed by atoms with Crippen LogP contribution in [0.3, 0.4) is 0 Å². The normalized spacial score (nSPS) is 18.8. The lowest BCUT2D eigenvalue weighted by Crippen LogP contribution is -2.44. The highest BCUT2D eigenvalue weighted by Gasteiger charge is 2.31. The molecule has 1 fully saturated rings. The van der Waals surface area contributed by atoms with Gasteiger partial charge in [0.15, 0.2) is 5.58 Å². The number of aromatic nitrogens is 1. The predicted molar refractivity (Wildman–Crippen MR) is 95.7 cm³/mol. The fourth-order valence-electron chi connectivity index (χ4n) is 3.15. The molecule has 7 nitrogen and oxygen atoms in total. The van der Waals surface area contributed by atoms with Crippen LogP contribution in [0.5, 0.6) is 5.75 Å². The first-order valence-corrected chi connectivity index (χ1v) is 9.81. The van der Waals surface area contributed by atoms with E-state index in [1.54, 1.807) is 0 Å². The Morgan fingerprint density at radius 2 is 1.96 bits per heavy atom. The van der Waals surface area contributed by atoms with Crippen LogP contribution in [0, 0.1) is 0 Å². The Bertz CT molecular complexity index is 1070. The Morgan fingerprint density at radius 1 is 1.15 bits per heavy atom. The van der Waals surface area contributed by atoms with Crippen molar-refractivity contribution in [2.45, 2.75) is 23.8 Å². The molecular formula is C18H18N2O5S. The number of fused-ring (bicyclic) bond motifs is 1. The van der Waals surface area contributed by atoms with Gasteiger partial charge in [0.05, 0.1) is 17.0 Å². The highest BCUT2D eigenvalue weighted by atomic mass is 32.2. The van der Waals surface area contributed by atoms with Crippen LogP contribution in [0.2, 0.25) is 0 Å². The molecule has 0 amide bonds. The van der Waals surface area contributed by atoms with Gasteiger partial charge in [0.2, 0.25) is 10.0 Å². The van der Waals surface area contributed by atoms with Crippen molar-refractivity contribution < 1.29 is 17.6 Å². The summed E-state index contributed by atoms with van der Waals surface area (Å²) in [7, 11) is -3.69. The van der Waals surface area contributed by atoms with Crippen molar-refractivity contribution in [2.24, 2.45) is 0 Å². The summed E-state index contributed by atoms with van der Waals surface area (Å²) in [6.07, 6.45) is 1.32.